The normalized spacial score (nSPS) is 17.9. The molecule has 2 nitrogen and oxygen atoms in total. The van der Waals surface area contributed by atoms with Gasteiger partial charge in [0.15, 0.2) is 11.6 Å². The molecule has 1 aromatic rings. The Kier molecular flexibility index (Phi) is 3.44. The molecule has 5 heteroatoms. The van der Waals surface area contributed by atoms with Crippen molar-refractivity contribution in [1.82, 2.24) is 0 Å². The van der Waals surface area contributed by atoms with Crippen LogP contribution < -0.4 is 4.90 Å². The van der Waals surface area contributed by atoms with Crippen molar-refractivity contribution in [2.75, 3.05) is 18.0 Å². The monoisotopic (exact) mass is 291 g/mol. The second-order valence-corrected chi connectivity index (χ2v) is 4.79. The lowest BCUT2D eigenvalue weighted by Gasteiger charge is -2.32. The van der Waals surface area contributed by atoms with Gasteiger partial charge in [0.25, 0.3) is 0 Å². The smallest absolute Gasteiger partial charge is 0.160 e. The van der Waals surface area contributed by atoms with Gasteiger partial charge in [0, 0.05) is 23.6 Å². The first kappa shape index (κ1) is 11.8. The fourth-order valence-electron chi connectivity index (χ4n) is 1.86. The summed E-state index contributed by atoms with van der Waals surface area (Å²) >= 11 is 3.22. The van der Waals surface area contributed by atoms with Crippen LogP contribution in [0.4, 0.5) is 14.5 Å². The van der Waals surface area contributed by atoms with Gasteiger partial charge in [-0.1, -0.05) is 0 Å². The third-order valence-corrected chi connectivity index (χ3v) is 3.43. The molecule has 16 heavy (non-hydrogen) atoms. The average Bonchev–Trinajstić information content (AvgIpc) is 2.25. The summed E-state index contributed by atoms with van der Waals surface area (Å²) in [6.45, 7) is 1.32. The molecule has 1 fully saturated rings. The molecular weight excluding hydrogens is 280 g/mol. The lowest BCUT2D eigenvalue weighted by molar-refractivity contribution is 0.145. The molecule has 1 saturated heterocycles. The molecule has 0 saturated carbocycles. The summed E-state index contributed by atoms with van der Waals surface area (Å²) in [4.78, 5) is 1.94. The van der Waals surface area contributed by atoms with Gasteiger partial charge in [-0.2, -0.15) is 0 Å². The molecule has 0 aromatic heterocycles. The highest BCUT2D eigenvalue weighted by molar-refractivity contribution is 9.10. The molecule has 0 spiro atoms. The van der Waals surface area contributed by atoms with Crippen LogP contribution in [0.15, 0.2) is 16.6 Å². The van der Waals surface area contributed by atoms with Crippen molar-refractivity contribution in [3.63, 3.8) is 0 Å². The van der Waals surface area contributed by atoms with Crippen LogP contribution in [0.3, 0.4) is 0 Å². The summed E-state index contributed by atoms with van der Waals surface area (Å²) in [5.41, 5.74) is 0.644. The summed E-state index contributed by atoms with van der Waals surface area (Å²) in [6, 6.07) is 2.33. The second kappa shape index (κ2) is 4.67. The van der Waals surface area contributed by atoms with E-state index in [1.165, 1.54) is 6.07 Å². The van der Waals surface area contributed by atoms with Crippen LogP contribution in [-0.2, 0) is 0 Å². The van der Waals surface area contributed by atoms with Crippen LogP contribution in [-0.4, -0.2) is 24.3 Å². The molecule has 1 N–H and O–H groups in total. The van der Waals surface area contributed by atoms with E-state index in [-0.39, 0.29) is 6.10 Å². The zero-order valence-electron chi connectivity index (χ0n) is 8.59. The Morgan fingerprint density at radius 3 is 2.38 bits per heavy atom. The first-order valence-electron chi connectivity index (χ1n) is 5.15. The number of benzene rings is 1. The largest absolute Gasteiger partial charge is 0.393 e. The van der Waals surface area contributed by atoms with E-state index in [4.69, 9.17) is 0 Å². The number of rotatable bonds is 1. The van der Waals surface area contributed by atoms with Gasteiger partial charge in [-0.25, -0.2) is 8.78 Å². The molecule has 0 unspecified atom stereocenters. The Hall–Kier alpha value is -0.680. The molecule has 0 aliphatic carbocycles. The van der Waals surface area contributed by atoms with Gasteiger partial charge >= 0.3 is 0 Å². The van der Waals surface area contributed by atoms with Crippen LogP contribution in [0, 0.1) is 11.6 Å². The zero-order chi connectivity index (χ0) is 11.7. The third-order valence-electron chi connectivity index (χ3n) is 2.79. The summed E-state index contributed by atoms with van der Waals surface area (Å²) < 4.78 is 26.6. The number of aliphatic hydroxyl groups excluding tert-OH is 1. The molecule has 1 aliphatic rings. The number of nitrogens with zero attached hydrogens (tertiary/aromatic N) is 1. The molecular formula is C11H12BrF2NO. The minimum Gasteiger partial charge on any atom is -0.393 e. The highest BCUT2D eigenvalue weighted by Crippen LogP contribution is 2.30. The first-order chi connectivity index (χ1) is 7.58. The topological polar surface area (TPSA) is 23.5 Å². The molecule has 1 heterocycles. The van der Waals surface area contributed by atoms with E-state index in [9.17, 15) is 13.9 Å². The fourth-order valence-corrected chi connectivity index (χ4v) is 2.43. The predicted octanol–water partition coefficient (Wildman–Crippen LogP) is 2.69. The number of hydrogen-bond donors (Lipinski definition) is 1. The van der Waals surface area contributed by atoms with E-state index in [0.717, 1.165) is 6.07 Å². The van der Waals surface area contributed by atoms with Crippen molar-refractivity contribution in [2.45, 2.75) is 18.9 Å². The van der Waals surface area contributed by atoms with E-state index in [1.54, 1.807) is 0 Å². The van der Waals surface area contributed by atoms with E-state index in [0.29, 0.717) is 36.1 Å². The zero-order valence-corrected chi connectivity index (χ0v) is 10.2. The Labute approximate surface area is 101 Å². The maximum atomic E-state index is 13.1. The minimum atomic E-state index is -0.854. The van der Waals surface area contributed by atoms with Crippen molar-refractivity contribution in [3.05, 3.63) is 28.2 Å². The van der Waals surface area contributed by atoms with Gasteiger partial charge in [-0.05, 0) is 34.8 Å². The quantitative estimate of drug-likeness (QED) is 0.804. The summed E-state index contributed by atoms with van der Waals surface area (Å²) in [6.07, 6.45) is 1.04. The Bertz CT molecular complexity index is 392. The van der Waals surface area contributed by atoms with E-state index < -0.39 is 11.6 Å². The highest BCUT2D eigenvalue weighted by atomic mass is 79.9. The van der Waals surface area contributed by atoms with Gasteiger partial charge in [0.05, 0.1) is 11.8 Å². The van der Waals surface area contributed by atoms with E-state index in [1.807, 2.05) is 4.90 Å². The Morgan fingerprint density at radius 2 is 1.75 bits per heavy atom. The van der Waals surface area contributed by atoms with Crippen LogP contribution in [0.2, 0.25) is 0 Å². The lowest BCUT2D eigenvalue weighted by Crippen LogP contribution is -2.36. The Morgan fingerprint density at radius 1 is 1.19 bits per heavy atom. The Balaban J connectivity index is 2.23. The van der Waals surface area contributed by atoms with Crippen LogP contribution in [0.25, 0.3) is 0 Å². The van der Waals surface area contributed by atoms with Crippen molar-refractivity contribution in [3.8, 4) is 0 Å². The molecule has 2 rings (SSSR count). The number of hydrogen-bond acceptors (Lipinski definition) is 2. The van der Waals surface area contributed by atoms with Crippen molar-refractivity contribution in [1.29, 1.82) is 0 Å². The summed E-state index contributed by atoms with van der Waals surface area (Å²) in [5.74, 6) is -1.70. The van der Waals surface area contributed by atoms with Crippen molar-refractivity contribution < 1.29 is 13.9 Å². The van der Waals surface area contributed by atoms with Gasteiger partial charge in [-0.15, -0.1) is 0 Å². The fraction of sp³-hybridized carbons (Fsp3) is 0.455. The summed E-state index contributed by atoms with van der Waals surface area (Å²) in [5, 5.41) is 9.37. The molecule has 0 bridgehead atoms. The molecule has 1 aromatic carbocycles. The van der Waals surface area contributed by atoms with Gasteiger partial charge in [-0.3, -0.25) is 0 Å². The average molecular weight is 292 g/mol. The van der Waals surface area contributed by atoms with Crippen molar-refractivity contribution in [2.24, 2.45) is 0 Å². The molecule has 0 atom stereocenters. The van der Waals surface area contributed by atoms with Gasteiger partial charge in [0.1, 0.15) is 0 Å². The number of aliphatic hydroxyl groups is 1. The molecule has 1 aliphatic heterocycles. The minimum absolute atomic E-state index is 0.277. The summed E-state index contributed by atoms with van der Waals surface area (Å²) in [7, 11) is 0. The van der Waals surface area contributed by atoms with E-state index in [2.05, 4.69) is 15.9 Å². The third kappa shape index (κ3) is 2.35. The number of piperidine rings is 1. The standard InChI is InChI=1S/C11H12BrF2NO/c12-8-5-9(13)10(14)6-11(8)15-3-1-7(16)2-4-15/h5-7,16H,1-4H2. The van der Waals surface area contributed by atoms with Crippen LogP contribution in [0.5, 0.6) is 0 Å². The first-order valence-corrected chi connectivity index (χ1v) is 5.95. The maximum Gasteiger partial charge on any atom is 0.160 e. The molecule has 0 radical (unpaired) electrons. The van der Waals surface area contributed by atoms with Crippen LogP contribution in [0.1, 0.15) is 12.8 Å². The maximum absolute atomic E-state index is 13.1. The SMILES string of the molecule is OC1CCN(c2cc(F)c(F)cc2Br)CC1. The molecule has 88 valence electrons. The van der Waals surface area contributed by atoms with Crippen molar-refractivity contribution >= 4 is 21.6 Å². The van der Waals surface area contributed by atoms with Gasteiger partial charge in [0.2, 0.25) is 0 Å². The van der Waals surface area contributed by atoms with E-state index >= 15 is 0 Å². The molecule has 0 amide bonds. The number of halogens is 3. The second-order valence-electron chi connectivity index (χ2n) is 3.94. The lowest BCUT2D eigenvalue weighted by atomic mass is 10.1. The predicted molar refractivity (Wildman–Crippen MR) is 61.5 cm³/mol. The van der Waals surface area contributed by atoms with Crippen LogP contribution >= 0.6 is 15.9 Å². The van der Waals surface area contributed by atoms with Gasteiger partial charge < -0.3 is 10.0 Å². The number of anilines is 1. The highest BCUT2D eigenvalue weighted by Gasteiger charge is 2.20.